The molecule has 3 rings (SSSR count). The molecule has 1 saturated carbocycles. The van der Waals surface area contributed by atoms with Crippen molar-refractivity contribution < 1.29 is 17.9 Å². The zero-order valence-corrected chi connectivity index (χ0v) is 9.76. The average Bonchev–Trinajstić information content (AvgIpc) is 3.02. The Morgan fingerprint density at radius 2 is 2.17 bits per heavy atom. The van der Waals surface area contributed by atoms with E-state index in [9.17, 15) is 13.2 Å². The first kappa shape index (κ1) is 11.8. The van der Waals surface area contributed by atoms with Gasteiger partial charge in [-0.3, -0.25) is 0 Å². The molecule has 18 heavy (non-hydrogen) atoms. The van der Waals surface area contributed by atoms with E-state index in [1.54, 1.807) is 6.07 Å². The van der Waals surface area contributed by atoms with E-state index in [0.717, 1.165) is 30.5 Å². The summed E-state index contributed by atoms with van der Waals surface area (Å²) in [6.07, 6.45) is -2.50. The molecule has 98 valence electrons. The van der Waals surface area contributed by atoms with E-state index in [4.69, 9.17) is 10.5 Å². The predicted octanol–water partition coefficient (Wildman–Crippen LogP) is 2.70. The number of hydrogen-bond acceptors (Lipinski definition) is 2. The molecule has 0 amide bonds. The van der Waals surface area contributed by atoms with Crippen LogP contribution in [-0.4, -0.2) is 13.2 Å². The van der Waals surface area contributed by atoms with Gasteiger partial charge in [-0.2, -0.15) is 13.2 Å². The molecular weight excluding hydrogens is 243 g/mol. The van der Waals surface area contributed by atoms with E-state index >= 15 is 0 Å². The summed E-state index contributed by atoms with van der Waals surface area (Å²) < 4.78 is 43.3. The molecule has 1 aromatic rings. The summed E-state index contributed by atoms with van der Waals surface area (Å²) in [5.41, 5.74) is 5.90. The van der Waals surface area contributed by atoms with Gasteiger partial charge in [-0.1, -0.05) is 6.07 Å². The summed E-state index contributed by atoms with van der Waals surface area (Å²) in [5.74, 6) is 0.768. The number of benzene rings is 1. The number of fused-ring (bicyclic) bond motifs is 2. The Labute approximate surface area is 103 Å². The fraction of sp³-hybridized carbons (Fsp3) is 0.538. The van der Waals surface area contributed by atoms with E-state index in [-0.39, 0.29) is 5.41 Å². The van der Waals surface area contributed by atoms with Crippen LogP contribution in [-0.2, 0) is 11.6 Å². The maximum Gasteiger partial charge on any atom is 0.416 e. The van der Waals surface area contributed by atoms with Gasteiger partial charge in [-0.05, 0) is 37.4 Å². The highest BCUT2D eigenvalue weighted by atomic mass is 19.4. The van der Waals surface area contributed by atoms with Gasteiger partial charge in [-0.25, -0.2) is 0 Å². The van der Waals surface area contributed by atoms with E-state index in [1.165, 1.54) is 0 Å². The Hall–Kier alpha value is -1.23. The van der Waals surface area contributed by atoms with Crippen LogP contribution in [0.5, 0.6) is 5.75 Å². The van der Waals surface area contributed by atoms with Gasteiger partial charge >= 0.3 is 6.18 Å². The van der Waals surface area contributed by atoms with Crippen molar-refractivity contribution >= 4 is 0 Å². The molecule has 1 spiro atoms. The predicted molar refractivity (Wildman–Crippen MR) is 60.4 cm³/mol. The molecule has 1 aliphatic carbocycles. The maximum atomic E-state index is 12.6. The van der Waals surface area contributed by atoms with Crippen molar-refractivity contribution in [3.8, 4) is 5.75 Å². The number of rotatable bonds is 1. The van der Waals surface area contributed by atoms with Crippen molar-refractivity contribution in [3.05, 3.63) is 29.3 Å². The number of nitrogens with two attached hydrogens (primary N) is 1. The Morgan fingerprint density at radius 1 is 1.39 bits per heavy atom. The highest BCUT2D eigenvalue weighted by Crippen LogP contribution is 2.60. The zero-order chi connectivity index (χ0) is 13.0. The van der Waals surface area contributed by atoms with Crippen molar-refractivity contribution in [2.75, 3.05) is 13.2 Å². The normalized spacial score (nSPS) is 29.9. The Balaban J connectivity index is 2.01. The number of halogens is 3. The molecule has 0 radical (unpaired) electrons. The van der Waals surface area contributed by atoms with Gasteiger partial charge < -0.3 is 10.5 Å². The van der Waals surface area contributed by atoms with Gasteiger partial charge in [0.1, 0.15) is 5.75 Å². The third kappa shape index (κ3) is 1.61. The average molecular weight is 257 g/mol. The molecule has 1 fully saturated rings. The van der Waals surface area contributed by atoms with Crippen LogP contribution < -0.4 is 10.5 Å². The lowest BCUT2D eigenvalue weighted by molar-refractivity contribution is -0.137. The van der Waals surface area contributed by atoms with Crippen LogP contribution in [0.2, 0.25) is 0 Å². The molecule has 5 heteroatoms. The molecule has 0 bridgehead atoms. The zero-order valence-electron chi connectivity index (χ0n) is 9.76. The minimum Gasteiger partial charge on any atom is -0.493 e. The quantitative estimate of drug-likeness (QED) is 0.839. The summed E-state index contributed by atoms with van der Waals surface area (Å²) in [6, 6.07) is 3.82. The topological polar surface area (TPSA) is 35.2 Å². The van der Waals surface area contributed by atoms with Crippen LogP contribution in [0.4, 0.5) is 13.2 Å². The Bertz CT molecular complexity index is 486. The molecule has 1 aliphatic heterocycles. The minimum absolute atomic E-state index is 0.0214. The van der Waals surface area contributed by atoms with Gasteiger partial charge in [0.2, 0.25) is 0 Å². The smallest absolute Gasteiger partial charge is 0.416 e. The lowest BCUT2D eigenvalue weighted by Crippen LogP contribution is -2.24. The first-order chi connectivity index (χ1) is 8.47. The number of ether oxygens (including phenoxy) is 1. The van der Waals surface area contributed by atoms with Crippen LogP contribution in [0.25, 0.3) is 0 Å². The SMILES string of the molecule is NCC1CC12CCOc1cc(C(F)(F)F)ccc12. The van der Waals surface area contributed by atoms with Gasteiger partial charge in [-0.15, -0.1) is 0 Å². The molecule has 1 aromatic carbocycles. The lowest BCUT2D eigenvalue weighted by Gasteiger charge is -2.27. The second-order valence-corrected chi connectivity index (χ2v) is 5.10. The lowest BCUT2D eigenvalue weighted by atomic mass is 9.87. The highest BCUT2D eigenvalue weighted by molar-refractivity contribution is 5.48. The molecule has 2 unspecified atom stereocenters. The first-order valence-electron chi connectivity index (χ1n) is 6.02. The van der Waals surface area contributed by atoms with Crippen LogP contribution >= 0.6 is 0 Å². The van der Waals surface area contributed by atoms with Gasteiger partial charge in [0, 0.05) is 11.0 Å². The van der Waals surface area contributed by atoms with Crippen molar-refractivity contribution in [3.63, 3.8) is 0 Å². The molecule has 2 N–H and O–H groups in total. The third-order valence-corrected chi connectivity index (χ3v) is 4.17. The molecular formula is C13H14F3NO. The molecule has 0 aromatic heterocycles. The van der Waals surface area contributed by atoms with Crippen LogP contribution in [0.15, 0.2) is 18.2 Å². The van der Waals surface area contributed by atoms with Crippen molar-refractivity contribution in [1.82, 2.24) is 0 Å². The molecule has 2 nitrogen and oxygen atoms in total. The maximum absolute atomic E-state index is 12.6. The van der Waals surface area contributed by atoms with E-state index in [1.807, 2.05) is 0 Å². The second kappa shape index (κ2) is 3.63. The monoisotopic (exact) mass is 257 g/mol. The second-order valence-electron chi connectivity index (χ2n) is 5.10. The number of hydrogen-bond donors (Lipinski definition) is 1. The Kier molecular flexibility index (Phi) is 2.39. The van der Waals surface area contributed by atoms with Gasteiger partial charge in [0.25, 0.3) is 0 Å². The summed E-state index contributed by atoms with van der Waals surface area (Å²) in [6.45, 7) is 1.06. The summed E-state index contributed by atoms with van der Waals surface area (Å²) >= 11 is 0. The summed E-state index contributed by atoms with van der Waals surface area (Å²) in [7, 11) is 0. The van der Waals surface area contributed by atoms with Gasteiger partial charge in [0.05, 0.1) is 12.2 Å². The van der Waals surface area contributed by atoms with Crippen molar-refractivity contribution in [2.24, 2.45) is 11.7 Å². The third-order valence-electron chi connectivity index (χ3n) is 4.17. The van der Waals surface area contributed by atoms with Gasteiger partial charge in [0.15, 0.2) is 0 Å². The number of alkyl halides is 3. The van der Waals surface area contributed by atoms with E-state index in [2.05, 4.69) is 0 Å². The van der Waals surface area contributed by atoms with Crippen LogP contribution in [0.3, 0.4) is 0 Å². The first-order valence-corrected chi connectivity index (χ1v) is 6.02. The molecule has 1 heterocycles. The highest BCUT2D eigenvalue weighted by Gasteiger charge is 2.56. The van der Waals surface area contributed by atoms with Crippen molar-refractivity contribution in [2.45, 2.75) is 24.4 Å². The summed E-state index contributed by atoms with van der Waals surface area (Å²) in [5, 5.41) is 0. The largest absolute Gasteiger partial charge is 0.493 e. The van der Waals surface area contributed by atoms with E-state index < -0.39 is 11.7 Å². The molecule has 2 aliphatic rings. The van der Waals surface area contributed by atoms with Crippen molar-refractivity contribution in [1.29, 1.82) is 0 Å². The van der Waals surface area contributed by atoms with Crippen LogP contribution in [0, 0.1) is 5.92 Å². The molecule has 0 saturated heterocycles. The van der Waals surface area contributed by atoms with E-state index in [0.29, 0.717) is 24.8 Å². The fourth-order valence-corrected chi connectivity index (χ4v) is 3.03. The summed E-state index contributed by atoms with van der Waals surface area (Å²) in [4.78, 5) is 0. The Morgan fingerprint density at radius 3 is 2.78 bits per heavy atom. The fourth-order valence-electron chi connectivity index (χ4n) is 3.03. The molecule has 2 atom stereocenters. The standard InChI is InChI=1S/C13H14F3NO/c14-13(15,16)8-1-2-10-11(5-8)18-4-3-12(10)6-9(12)7-17/h1-2,5,9H,3-4,6-7,17H2. The van der Waals surface area contributed by atoms with Crippen LogP contribution in [0.1, 0.15) is 24.0 Å². The minimum atomic E-state index is -4.32.